The molecule has 3 N–H and O–H groups in total. The Morgan fingerprint density at radius 3 is 2.84 bits per heavy atom. The van der Waals surface area contributed by atoms with E-state index in [1.54, 1.807) is 0 Å². The van der Waals surface area contributed by atoms with Gasteiger partial charge in [-0.15, -0.1) is 0 Å². The summed E-state index contributed by atoms with van der Waals surface area (Å²) in [5, 5.41) is 14.7. The number of benzene rings is 1. The van der Waals surface area contributed by atoms with Gasteiger partial charge in [-0.3, -0.25) is 19.7 Å². The van der Waals surface area contributed by atoms with Crippen molar-refractivity contribution < 1.29 is 24.0 Å². The second-order valence-corrected chi connectivity index (χ2v) is 6.98. The largest absolute Gasteiger partial charge is 0.493 e. The molecule has 2 heterocycles. The van der Waals surface area contributed by atoms with Gasteiger partial charge >= 0.3 is 11.6 Å². The van der Waals surface area contributed by atoms with E-state index in [2.05, 4.69) is 15.3 Å². The van der Waals surface area contributed by atoms with Crippen molar-refractivity contribution in [2.24, 2.45) is 5.73 Å². The number of nitrogens with two attached hydrogens (primary N) is 1. The highest BCUT2D eigenvalue weighted by Gasteiger charge is 2.38. The number of anilines is 1. The van der Waals surface area contributed by atoms with E-state index in [9.17, 15) is 19.7 Å². The molecule has 0 bridgehead atoms. The summed E-state index contributed by atoms with van der Waals surface area (Å²) in [6.45, 7) is 0.00990. The molecule has 2 aromatic rings. The number of amides is 2. The molecule has 12 nitrogen and oxygen atoms in total. The smallest absolute Gasteiger partial charge is 0.373 e. The van der Waals surface area contributed by atoms with Crippen molar-refractivity contribution in [3.05, 3.63) is 39.7 Å². The molecule has 3 rings (SSSR count). The van der Waals surface area contributed by atoms with Gasteiger partial charge in [-0.1, -0.05) is 11.6 Å². The summed E-state index contributed by atoms with van der Waals surface area (Å²) in [6.07, 6.45) is 2.13. The number of hydrogen-bond donors (Lipinski definition) is 2. The fourth-order valence-corrected chi connectivity index (χ4v) is 3.38. The number of nitrogens with one attached hydrogen (secondary N) is 1. The molecule has 1 atom stereocenters. The number of rotatable bonds is 8. The Morgan fingerprint density at radius 1 is 1.39 bits per heavy atom. The van der Waals surface area contributed by atoms with Crippen LogP contribution < -0.4 is 25.4 Å². The van der Waals surface area contributed by atoms with Crippen LogP contribution in [0.1, 0.15) is 12.8 Å². The molecule has 1 unspecified atom stereocenters. The summed E-state index contributed by atoms with van der Waals surface area (Å²) in [5.74, 6) is -1.15. The SMILES string of the molecule is COc1cc(Cl)ccc1Oc1ncnc(N2CCCC2C(=O)NCC(N)=O)c1[N+](=O)[O-]. The highest BCUT2D eigenvalue weighted by atomic mass is 35.5. The molecule has 0 spiro atoms. The van der Waals surface area contributed by atoms with Gasteiger partial charge in [0.1, 0.15) is 12.4 Å². The molecule has 1 fully saturated rings. The van der Waals surface area contributed by atoms with Crippen molar-refractivity contribution in [1.82, 2.24) is 15.3 Å². The van der Waals surface area contributed by atoms with Crippen LogP contribution in [0.5, 0.6) is 17.4 Å². The molecule has 31 heavy (non-hydrogen) atoms. The van der Waals surface area contributed by atoms with Gasteiger partial charge in [0.25, 0.3) is 0 Å². The quantitative estimate of drug-likeness (QED) is 0.447. The Kier molecular flexibility index (Phi) is 6.70. The lowest BCUT2D eigenvalue weighted by molar-refractivity contribution is -0.385. The average Bonchev–Trinajstić information content (AvgIpc) is 3.22. The predicted octanol–water partition coefficient (Wildman–Crippen LogP) is 1.41. The van der Waals surface area contributed by atoms with Crippen molar-refractivity contribution in [2.75, 3.05) is 25.1 Å². The maximum atomic E-state index is 12.5. The summed E-state index contributed by atoms with van der Waals surface area (Å²) < 4.78 is 10.9. The molecule has 1 aliphatic heterocycles. The third-order valence-electron chi connectivity index (χ3n) is 4.55. The molecule has 0 radical (unpaired) electrons. The lowest BCUT2D eigenvalue weighted by Crippen LogP contribution is -2.46. The molecule has 0 saturated carbocycles. The van der Waals surface area contributed by atoms with Crippen LogP contribution in [0.3, 0.4) is 0 Å². The highest BCUT2D eigenvalue weighted by molar-refractivity contribution is 6.30. The average molecular weight is 451 g/mol. The maximum Gasteiger partial charge on any atom is 0.373 e. The van der Waals surface area contributed by atoms with E-state index >= 15 is 0 Å². The van der Waals surface area contributed by atoms with Gasteiger partial charge in [-0.25, -0.2) is 4.98 Å². The maximum absolute atomic E-state index is 12.5. The molecule has 1 saturated heterocycles. The van der Waals surface area contributed by atoms with Gasteiger partial charge in [0, 0.05) is 17.6 Å². The molecule has 13 heteroatoms. The van der Waals surface area contributed by atoms with Gasteiger partial charge in [0.15, 0.2) is 11.5 Å². The van der Waals surface area contributed by atoms with E-state index < -0.39 is 28.5 Å². The lowest BCUT2D eigenvalue weighted by atomic mass is 10.2. The number of aromatic nitrogens is 2. The number of carbonyl (C=O) groups is 2. The number of halogens is 1. The zero-order chi connectivity index (χ0) is 22.5. The first-order valence-corrected chi connectivity index (χ1v) is 9.53. The standard InChI is InChI=1S/C18H19ClN6O6/c1-30-13-7-10(19)4-5-12(13)31-18-15(25(28)29)16(22-9-23-18)24-6-2-3-11(24)17(27)21-8-14(20)26/h4-5,7,9,11H,2-3,6,8H2,1H3,(H2,20,26)(H,21,27). The predicted molar refractivity (Wildman–Crippen MR) is 109 cm³/mol. The van der Waals surface area contributed by atoms with Crippen molar-refractivity contribution in [2.45, 2.75) is 18.9 Å². The van der Waals surface area contributed by atoms with Crippen molar-refractivity contribution in [3.8, 4) is 17.4 Å². The minimum atomic E-state index is -0.758. The number of nitro groups is 1. The van der Waals surface area contributed by atoms with E-state index in [-0.39, 0.29) is 29.7 Å². The van der Waals surface area contributed by atoms with Crippen molar-refractivity contribution in [1.29, 1.82) is 0 Å². The first kappa shape index (κ1) is 22.0. The zero-order valence-electron chi connectivity index (χ0n) is 16.4. The second-order valence-electron chi connectivity index (χ2n) is 6.54. The van der Waals surface area contributed by atoms with Crippen LogP contribution in [0, 0.1) is 10.1 Å². The first-order valence-electron chi connectivity index (χ1n) is 9.15. The second kappa shape index (κ2) is 9.43. The van der Waals surface area contributed by atoms with Crippen LogP contribution in [0.4, 0.5) is 11.5 Å². The Labute approximate surface area is 181 Å². The molecule has 1 aromatic heterocycles. The van der Waals surface area contributed by atoms with Crippen LogP contribution in [0.25, 0.3) is 0 Å². The molecule has 164 valence electrons. The van der Waals surface area contributed by atoms with Gasteiger partial charge in [-0.05, 0) is 25.0 Å². The highest BCUT2D eigenvalue weighted by Crippen LogP contribution is 2.41. The fraction of sp³-hybridized carbons (Fsp3) is 0.333. The van der Waals surface area contributed by atoms with Crippen LogP contribution >= 0.6 is 11.6 Å². The van der Waals surface area contributed by atoms with Crippen LogP contribution in [-0.4, -0.2) is 52.9 Å². The van der Waals surface area contributed by atoms with E-state index in [0.29, 0.717) is 24.4 Å². The molecule has 2 amide bonds. The number of nitrogens with zero attached hydrogens (tertiary/aromatic N) is 4. The Balaban J connectivity index is 1.96. The summed E-state index contributed by atoms with van der Waals surface area (Å²) in [4.78, 5) is 44.1. The van der Waals surface area contributed by atoms with E-state index in [1.165, 1.54) is 30.2 Å². The van der Waals surface area contributed by atoms with E-state index in [1.807, 2.05) is 0 Å². The molecule has 0 aliphatic carbocycles. The fourth-order valence-electron chi connectivity index (χ4n) is 3.21. The first-order chi connectivity index (χ1) is 14.8. The number of ether oxygens (including phenoxy) is 2. The zero-order valence-corrected chi connectivity index (χ0v) is 17.2. The summed E-state index contributed by atoms with van der Waals surface area (Å²) >= 11 is 5.94. The number of methoxy groups -OCH3 is 1. The van der Waals surface area contributed by atoms with Gasteiger partial charge < -0.3 is 25.4 Å². The van der Waals surface area contributed by atoms with Gasteiger partial charge in [0.2, 0.25) is 17.6 Å². The normalized spacial score (nSPS) is 15.4. The molecule has 1 aromatic carbocycles. The minimum Gasteiger partial charge on any atom is -0.493 e. The van der Waals surface area contributed by atoms with Gasteiger partial charge in [-0.2, -0.15) is 4.98 Å². The number of carbonyl (C=O) groups excluding carboxylic acids is 2. The van der Waals surface area contributed by atoms with Crippen molar-refractivity contribution >= 4 is 34.9 Å². The third-order valence-corrected chi connectivity index (χ3v) is 4.78. The summed E-state index contributed by atoms with van der Waals surface area (Å²) in [7, 11) is 1.40. The summed E-state index contributed by atoms with van der Waals surface area (Å²) in [6, 6.07) is 3.76. The topological polar surface area (TPSA) is 163 Å². The minimum absolute atomic E-state index is 0.0698. The van der Waals surface area contributed by atoms with E-state index in [0.717, 1.165) is 6.33 Å². The Hall–Kier alpha value is -3.67. The molecule has 1 aliphatic rings. The van der Waals surface area contributed by atoms with Crippen molar-refractivity contribution in [3.63, 3.8) is 0 Å². The third kappa shape index (κ3) is 4.91. The van der Waals surface area contributed by atoms with Crippen LogP contribution in [-0.2, 0) is 9.59 Å². The molecular formula is C18H19ClN6O6. The number of hydrogen-bond acceptors (Lipinski definition) is 9. The monoisotopic (exact) mass is 450 g/mol. The summed E-state index contributed by atoms with van der Waals surface area (Å²) in [5.41, 5.74) is 4.56. The van der Waals surface area contributed by atoms with Gasteiger partial charge in [0.05, 0.1) is 18.6 Å². The van der Waals surface area contributed by atoms with E-state index in [4.69, 9.17) is 26.8 Å². The Bertz CT molecular complexity index is 1020. The Morgan fingerprint density at radius 2 is 2.16 bits per heavy atom. The lowest BCUT2D eigenvalue weighted by Gasteiger charge is -2.24. The molecular weight excluding hydrogens is 432 g/mol. The van der Waals surface area contributed by atoms with Crippen LogP contribution in [0.2, 0.25) is 5.02 Å². The number of primary amides is 1. The van der Waals surface area contributed by atoms with Crippen LogP contribution in [0.15, 0.2) is 24.5 Å².